The van der Waals surface area contributed by atoms with Gasteiger partial charge in [-0.05, 0) is 29.7 Å². The number of anilines is 2. The first-order valence-electron chi connectivity index (χ1n) is 7.79. The minimum Gasteiger partial charge on any atom is -0.399 e. The zero-order chi connectivity index (χ0) is 15.5. The molecule has 0 radical (unpaired) electrons. The van der Waals surface area contributed by atoms with Crippen molar-refractivity contribution in [3.05, 3.63) is 24.3 Å². The number of carbonyl (C=O) groups excluding carboxylic acids is 1. The smallest absolute Gasteiger partial charge is 0.223 e. The average Bonchev–Trinajstić information content (AvgIpc) is 2.48. The summed E-state index contributed by atoms with van der Waals surface area (Å²) in [5, 5.41) is 0. The fourth-order valence-electron chi connectivity index (χ4n) is 2.55. The van der Waals surface area contributed by atoms with Gasteiger partial charge in [-0.1, -0.05) is 27.2 Å². The number of carbonyl (C=O) groups is 1. The van der Waals surface area contributed by atoms with Crippen LogP contribution >= 0.6 is 0 Å². The number of hydrogen-bond donors (Lipinski definition) is 1. The van der Waals surface area contributed by atoms with Crippen molar-refractivity contribution in [2.75, 3.05) is 36.8 Å². The van der Waals surface area contributed by atoms with E-state index in [4.69, 9.17) is 5.73 Å². The maximum absolute atomic E-state index is 12.4. The molecule has 4 heteroatoms. The summed E-state index contributed by atoms with van der Waals surface area (Å²) in [6, 6.07) is 7.95. The van der Waals surface area contributed by atoms with E-state index in [0.29, 0.717) is 12.3 Å². The molecule has 0 bridgehead atoms. The lowest BCUT2D eigenvalue weighted by Crippen LogP contribution is -2.49. The van der Waals surface area contributed by atoms with E-state index in [1.807, 2.05) is 29.2 Å². The molecule has 0 aliphatic carbocycles. The standard InChI is InChI=1S/C17H27N3O/c1-4-17(2,3)13-16(21)20-11-9-19(10-12-20)15-7-5-14(18)6-8-15/h5-8H,4,9-13,18H2,1-3H3. The van der Waals surface area contributed by atoms with Crippen LogP contribution in [0.4, 0.5) is 11.4 Å². The highest BCUT2D eigenvalue weighted by Crippen LogP contribution is 2.26. The first-order valence-corrected chi connectivity index (χ1v) is 7.79. The number of nitrogens with two attached hydrogens (primary N) is 1. The van der Waals surface area contributed by atoms with Gasteiger partial charge in [-0.2, -0.15) is 0 Å². The summed E-state index contributed by atoms with van der Waals surface area (Å²) < 4.78 is 0. The van der Waals surface area contributed by atoms with Crippen LogP contribution in [0.5, 0.6) is 0 Å². The summed E-state index contributed by atoms with van der Waals surface area (Å²) in [5.41, 5.74) is 7.79. The van der Waals surface area contributed by atoms with Gasteiger partial charge in [-0.25, -0.2) is 0 Å². The van der Waals surface area contributed by atoms with Crippen LogP contribution in [0, 0.1) is 5.41 Å². The molecule has 4 nitrogen and oxygen atoms in total. The predicted octanol–water partition coefficient (Wildman–Crippen LogP) is 2.74. The molecule has 21 heavy (non-hydrogen) atoms. The van der Waals surface area contributed by atoms with Crippen LogP contribution in [0.25, 0.3) is 0 Å². The summed E-state index contributed by atoms with van der Waals surface area (Å²) in [6.07, 6.45) is 1.68. The fourth-order valence-corrected chi connectivity index (χ4v) is 2.55. The van der Waals surface area contributed by atoms with Gasteiger partial charge >= 0.3 is 0 Å². The zero-order valence-corrected chi connectivity index (χ0v) is 13.4. The Bertz CT molecular complexity index is 473. The van der Waals surface area contributed by atoms with Crippen molar-refractivity contribution in [1.29, 1.82) is 0 Å². The number of piperazine rings is 1. The number of rotatable bonds is 4. The Labute approximate surface area is 127 Å². The Balaban J connectivity index is 1.88. The van der Waals surface area contributed by atoms with Gasteiger partial charge in [-0.3, -0.25) is 4.79 Å². The molecule has 1 aromatic carbocycles. The molecular formula is C17H27N3O. The molecule has 116 valence electrons. The van der Waals surface area contributed by atoms with Crippen molar-refractivity contribution in [3.8, 4) is 0 Å². The average molecular weight is 289 g/mol. The van der Waals surface area contributed by atoms with Crippen molar-refractivity contribution in [2.24, 2.45) is 5.41 Å². The summed E-state index contributed by atoms with van der Waals surface area (Å²) in [7, 11) is 0. The van der Waals surface area contributed by atoms with Gasteiger partial charge in [0, 0.05) is 44.0 Å². The first kappa shape index (κ1) is 15.7. The number of nitrogen functional groups attached to an aromatic ring is 1. The molecule has 1 saturated heterocycles. The molecule has 1 fully saturated rings. The lowest BCUT2D eigenvalue weighted by molar-refractivity contribution is -0.133. The lowest BCUT2D eigenvalue weighted by atomic mass is 9.86. The van der Waals surface area contributed by atoms with E-state index in [0.717, 1.165) is 38.3 Å². The lowest BCUT2D eigenvalue weighted by Gasteiger charge is -2.37. The van der Waals surface area contributed by atoms with Crippen LogP contribution in [-0.2, 0) is 4.79 Å². The SMILES string of the molecule is CCC(C)(C)CC(=O)N1CCN(c2ccc(N)cc2)CC1. The van der Waals surface area contributed by atoms with E-state index in [1.54, 1.807) is 0 Å². The molecule has 1 aliphatic heterocycles. The molecule has 1 aliphatic rings. The van der Waals surface area contributed by atoms with Crippen LogP contribution < -0.4 is 10.6 Å². The van der Waals surface area contributed by atoms with Gasteiger partial charge in [0.05, 0.1) is 0 Å². The van der Waals surface area contributed by atoms with Crippen molar-refractivity contribution in [1.82, 2.24) is 4.90 Å². The third-order valence-electron chi connectivity index (χ3n) is 4.48. The van der Waals surface area contributed by atoms with Crippen molar-refractivity contribution < 1.29 is 4.79 Å². The van der Waals surface area contributed by atoms with E-state index in [-0.39, 0.29) is 5.41 Å². The summed E-state index contributed by atoms with van der Waals surface area (Å²) in [4.78, 5) is 16.7. The van der Waals surface area contributed by atoms with Crippen molar-refractivity contribution in [3.63, 3.8) is 0 Å². The highest BCUT2D eigenvalue weighted by Gasteiger charge is 2.26. The summed E-state index contributed by atoms with van der Waals surface area (Å²) in [5.74, 6) is 0.291. The van der Waals surface area contributed by atoms with E-state index < -0.39 is 0 Å². The molecule has 0 atom stereocenters. The number of benzene rings is 1. The molecule has 2 rings (SSSR count). The van der Waals surface area contributed by atoms with Gasteiger partial charge in [0.1, 0.15) is 0 Å². The molecule has 0 aromatic heterocycles. The quantitative estimate of drug-likeness (QED) is 0.867. The van der Waals surface area contributed by atoms with Gasteiger partial charge in [0.25, 0.3) is 0 Å². The van der Waals surface area contributed by atoms with E-state index in [9.17, 15) is 4.79 Å². The maximum atomic E-state index is 12.4. The highest BCUT2D eigenvalue weighted by atomic mass is 16.2. The van der Waals surface area contributed by atoms with Gasteiger partial charge < -0.3 is 15.5 Å². The Kier molecular flexibility index (Phi) is 4.76. The molecule has 0 spiro atoms. The molecular weight excluding hydrogens is 262 g/mol. The largest absolute Gasteiger partial charge is 0.399 e. The second-order valence-corrected chi connectivity index (χ2v) is 6.65. The van der Waals surface area contributed by atoms with Gasteiger partial charge in [0.2, 0.25) is 5.91 Å². The van der Waals surface area contributed by atoms with Crippen LogP contribution in [0.3, 0.4) is 0 Å². The first-order chi connectivity index (χ1) is 9.91. The number of amides is 1. The Hall–Kier alpha value is -1.71. The minimum atomic E-state index is 0.102. The van der Waals surface area contributed by atoms with Crippen LogP contribution in [0.1, 0.15) is 33.6 Å². The number of nitrogens with zero attached hydrogens (tertiary/aromatic N) is 2. The second kappa shape index (κ2) is 6.37. The molecule has 1 heterocycles. The highest BCUT2D eigenvalue weighted by molar-refractivity contribution is 5.77. The molecule has 1 aromatic rings. The zero-order valence-electron chi connectivity index (χ0n) is 13.4. The molecule has 0 saturated carbocycles. The third kappa shape index (κ3) is 4.13. The van der Waals surface area contributed by atoms with Gasteiger partial charge in [0.15, 0.2) is 0 Å². The Morgan fingerprint density at radius 2 is 1.71 bits per heavy atom. The Morgan fingerprint density at radius 1 is 1.14 bits per heavy atom. The minimum absolute atomic E-state index is 0.102. The van der Waals surface area contributed by atoms with Crippen LogP contribution in [-0.4, -0.2) is 37.0 Å². The monoisotopic (exact) mass is 289 g/mol. The fraction of sp³-hybridized carbons (Fsp3) is 0.588. The second-order valence-electron chi connectivity index (χ2n) is 6.65. The molecule has 0 unspecified atom stereocenters. The van der Waals surface area contributed by atoms with E-state index in [1.165, 1.54) is 5.69 Å². The predicted molar refractivity (Wildman–Crippen MR) is 88.3 cm³/mol. The van der Waals surface area contributed by atoms with Crippen molar-refractivity contribution in [2.45, 2.75) is 33.6 Å². The molecule has 2 N–H and O–H groups in total. The topological polar surface area (TPSA) is 49.6 Å². The third-order valence-corrected chi connectivity index (χ3v) is 4.48. The maximum Gasteiger partial charge on any atom is 0.223 e. The van der Waals surface area contributed by atoms with Gasteiger partial charge in [-0.15, -0.1) is 0 Å². The van der Waals surface area contributed by atoms with Crippen LogP contribution in [0.2, 0.25) is 0 Å². The van der Waals surface area contributed by atoms with Crippen molar-refractivity contribution >= 4 is 17.3 Å². The van der Waals surface area contributed by atoms with E-state index in [2.05, 4.69) is 25.7 Å². The summed E-state index contributed by atoms with van der Waals surface area (Å²) >= 11 is 0. The van der Waals surface area contributed by atoms with Crippen LogP contribution in [0.15, 0.2) is 24.3 Å². The normalized spacial score (nSPS) is 16.1. The number of hydrogen-bond acceptors (Lipinski definition) is 3. The van der Waals surface area contributed by atoms with E-state index >= 15 is 0 Å². The molecule has 1 amide bonds. The Morgan fingerprint density at radius 3 is 2.24 bits per heavy atom. The summed E-state index contributed by atoms with van der Waals surface area (Å²) in [6.45, 7) is 9.87.